The van der Waals surface area contributed by atoms with Gasteiger partial charge in [-0.05, 0) is 29.7 Å². The summed E-state index contributed by atoms with van der Waals surface area (Å²) in [5, 5.41) is 13.6. The maximum Gasteiger partial charge on any atom is 0.307 e. The van der Waals surface area contributed by atoms with Gasteiger partial charge in [-0.3, -0.25) is 9.48 Å². The Morgan fingerprint density at radius 3 is 2.69 bits per heavy atom. The predicted octanol–water partition coefficient (Wildman–Crippen LogP) is 4.17. The lowest BCUT2D eigenvalue weighted by atomic mass is 10.0. The van der Waals surface area contributed by atoms with Gasteiger partial charge in [0.1, 0.15) is 12.4 Å². The van der Waals surface area contributed by atoms with Crippen molar-refractivity contribution in [3.05, 3.63) is 72.1 Å². The monoisotopic (exact) mass is 350 g/mol. The summed E-state index contributed by atoms with van der Waals surface area (Å²) in [5.74, 6) is -0.283. The average molecular weight is 350 g/mol. The van der Waals surface area contributed by atoms with Crippen LogP contribution < -0.4 is 4.74 Å². The molecule has 0 bridgehead atoms. The van der Waals surface area contributed by atoms with Crippen molar-refractivity contribution in [1.29, 1.82) is 0 Å². The first-order chi connectivity index (χ1) is 12.7. The van der Waals surface area contributed by atoms with Crippen LogP contribution in [0.1, 0.15) is 24.5 Å². The fourth-order valence-electron chi connectivity index (χ4n) is 2.80. The summed E-state index contributed by atoms with van der Waals surface area (Å²) in [6.45, 7) is 3.37. The maximum absolute atomic E-state index is 11.3. The van der Waals surface area contributed by atoms with Crippen molar-refractivity contribution < 1.29 is 14.6 Å². The van der Waals surface area contributed by atoms with Gasteiger partial charge in [-0.15, -0.1) is 0 Å². The molecule has 134 valence electrons. The normalized spacial score (nSPS) is 10.7. The molecule has 0 unspecified atom stereocenters. The SMILES string of the molecule is CCCn1cc(-c2ccc(OCc3ccccc3)c(CC(=O)O)c2)cn1. The number of rotatable bonds is 8. The van der Waals surface area contributed by atoms with Gasteiger partial charge in [-0.2, -0.15) is 5.10 Å². The molecule has 2 aromatic carbocycles. The van der Waals surface area contributed by atoms with Crippen molar-refractivity contribution in [2.75, 3.05) is 0 Å². The fourth-order valence-corrected chi connectivity index (χ4v) is 2.80. The smallest absolute Gasteiger partial charge is 0.307 e. The van der Waals surface area contributed by atoms with Crippen molar-refractivity contribution in [1.82, 2.24) is 9.78 Å². The van der Waals surface area contributed by atoms with Crippen LogP contribution in [0.3, 0.4) is 0 Å². The molecule has 1 aromatic heterocycles. The molecule has 0 saturated heterocycles. The van der Waals surface area contributed by atoms with E-state index in [1.165, 1.54) is 0 Å². The highest BCUT2D eigenvalue weighted by atomic mass is 16.5. The molecule has 3 rings (SSSR count). The predicted molar refractivity (Wildman–Crippen MR) is 100 cm³/mol. The van der Waals surface area contributed by atoms with Crippen LogP contribution in [-0.2, 0) is 24.4 Å². The number of carboxylic acids is 1. The van der Waals surface area contributed by atoms with E-state index in [2.05, 4.69) is 12.0 Å². The third-order valence-corrected chi connectivity index (χ3v) is 4.06. The molecule has 1 heterocycles. The van der Waals surface area contributed by atoms with Crippen LogP contribution in [0.4, 0.5) is 0 Å². The van der Waals surface area contributed by atoms with Gasteiger partial charge in [0.2, 0.25) is 0 Å². The number of aryl methyl sites for hydroxylation is 1. The minimum absolute atomic E-state index is 0.0823. The second-order valence-electron chi connectivity index (χ2n) is 6.16. The summed E-state index contributed by atoms with van der Waals surface area (Å²) in [6.07, 6.45) is 4.71. The van der Waals surface area contributed by atoms with E-state index in [0.717, 1.165) is 29.7 Å². The first-order valence-electron chi connectivity index (χ1n) is 8.70. The quantitative estimate of drug-likeness (QED) is 0.662. The lowest BCUT2D eigenvalue weighted by molar-refractivity contribution is -0.136. The summed E-state index contributed by atoms with van der Waals surface area (Å²) < 4.78 is 7.77. The minimum Gasteiger partial charge on any atom is -0.489 e. The maximum atomic E-state index is 11.3. The van der Waals surface area contributed by atoms with Crippen LogP contribution >= 0.6 is 0 Å². The zero-order valence-electron chi connectivity index (χ0n) is 14.8. The van der Waals surface area contributed by atoms with Crippen molar-refractivity contribution in [3.63, 3.8) is 0 Å². The molecule has 0 radical (unpaired) electrons. The molecule has 0 aliphatic carbocycles. The molecule has 0 amide bonds. The molecular weight excluding hydrogens is 328 g/mol. The molecule has 3 aromatic rings. The first kappa shape index (κ1) is 17.7. The molecule has 1 N–H and O–H groups in total. The molecule has 0 saturated carbocycles. The number of ether oxygens (including phenoxy) is 1. The summed E-state index contributed by atoms with van der Waals surface area (Å²) in [5.41, 5.74) is 3.61. The highest BCUT2D eigenvalue weighted by Crippen LogP contribution is 2.28. The van der Waals surface area contributed by atoms with Gasteiger partial charge >= 0.3 is 5.97 Å². The topological polar surface area (TPSA) is 64.3 Å². The molecule has 5 heteroatoms. The molecule has 5 nitrogen and oxygen atoms in total. The summed E-state index contributed by atoms with van der Waals surface area (Å²) in [4.78, 5) is 11.3. The first-order valence-corrected chi connectivity index (χ1v) is 8.70. The molecule has 0 aliphatic rings. The van der Waals surface area contributed by atoms with E-state index >= 15 is 0 Å². The molecular formula is C21H22N2O3. The lowest BCUT2D eigenvalue weighted by Crippen LogP contribution is -2.04. The number of aromatic nitrogens is 2. The van der Waals surface area contributed by atoms with Crippen LogP contribution in [0.15, 0.2) is 60.9 Å². The van der Waals surface area contributed by atoms with Crippen LogP contribution in [0.5, 0.6) is 5.75 Å². The van der Waals surface area contributed by atoms with E-state index in [9.17, 15) is 9.90 Å². The van der Waals surface area contributed by atoms with E-state index in [1.807, 2.05) is 59.4 Å². The molecule has 0 aliphatic heterocycles. The molecule has 0 fully saturated rings. The Labute approximate surface area is 152 Å². The lowest BCUT2D eigenvalue weighted by Gasteiger charge is -2.12. The third-order valence-electron chi connectivity index (χ3n) is 4.06. The summed E-state index contributed by atoms with van der Waals surface area (Å²) >= 11 is 0. The zero-order valence-corrected chi connectivity index (χ0v) is 14.8. The van der Waals surface area contributed by atoms with Gasteiger partial charge in [0.25, 0.3) is 0 Å². The number of nitrogens with zero attached hydrogens (tertiary/aromatic N) is 2. The summed E-state index contributed by atoms with van der Waals surface area (Å²) in [7, 11) is 0. The van der Waals surface area contributed by atoms with Crippen LogP contribution in [0.25, 0.3) is 11.1 Å². The fraction of sp³-hybridized carbons (Fsp3) is 0.238. The number of carbonyl (C=O) groups is 1. The van der Waals surface area contributed by atoms with Gasteiger partial charge in [0.05, 0.1) is 12.6 Å². The second-order valence-corrected chi connectivity index (χ2v) is 6.16. The number of hydrogen-bond acceptors (Lipinski definition) is 3. The van der Waals surface area contributed by atoms with E-state index in [1.54, 1.807) is 6.20 Å². The Bertz CT molecular complexity index is 872. The highest BCUT2D eigenvalue weighted by molar-refractivity contribution is 5.73. The highest BCUT2D eigenvalue weighted by Gasteiger charge is 2.12. The van der Waals surface area contributed by atoms with E-state index in [4.69, 9.17) is 4.74 Å². The van der Waals surface area contributed by atoms with E-state index in [0.29, 0.717) is 17.9 Å². The van der Waals surface area contributed by atoms with E-state index in [-0.39, 0.29) is 6.42 Å². The van der Waals surface area contributed by atoms with Gasteiger partial charge in [-0.1, -0.05) is 43.3 Å². The molecule has 0 spiro atoms. The Balaban J connectivity index is 1.83. The van der Waals surface area contributed by atoms with Crippen molar-refractivity contribution in [2.45, 2.75) is 32.9 Å². The van der Waals surface area contributed by atoms with Gasteiger partial charge in [0.15, 0.2) is 0 Å². The Kier molecular flexibility index (Phi) is 5.69. The largest absolute Gasteiger partial charge is 0.489 e. The van der Waals surface area contributed by atoms with Crippen LogP contribution in [0.2, 0.25) is 0 Å². The zero-order chi connectivity index (χ0) is 18.4. The van der Waals surface area contributed by atoms with E-state index < -0.39 is 5.97 Å². The number of benzene rings is 2. The van der Waals surface area contributed by atoms with Crippen molar-refractivity contribution in [2.24, 2.45) is 0 Å². The van der Waals surface area contributed by atoms with Crippen LogP contribution in [-0.4, -0.2) is 20.9 Å². The number of aliphatic carboxylic acids is 1. The Morgan fingerprint density at radius 1 is 1.15 bits per heavy atom. The Hall–Kier alpha value is -3.08. The molecule has 0 atom stereocenters. The summed E-state index contributed by atoms with van der Waals surface area (Å²) in [6, 6.07) is 15.5. The number of hydrogen-bond donors (Lipinski definition) is 1. The average Bonchev–Trinajstić information content (AvgIpc) is 3.10. The van der Waals surface area contributed by atoms with Crippen LogP contribution in [0, 0.1) is 0 Å². The molecule has 26 heavy (non-hydrogen) atoms. The number of carboxylic acid groups (broad SMARTS) is 1. The van der Waals surface area contributed by atoms with Gasteiger partial charge in [-0.25, -0.2) is 0 Å². The Morgan fingerprint density at radius 2 is 1.96 bits per heavy atom. The van der Waals surface area contributed by atoms with Gasteiger partial charge < -0.3 is 9.84 Å². The van der Waals surface area contributed by atoms with Gasteiger partial charge in [0, 0.05) is 23.9 Å². The van der Waals surface area contributed by atoms with Crippen molar-refractivity contribution >= 4 is 5.97 Å². The standard InChI is InChI=1S/C21H22N2O3/c1-2-10-23-14-19(13-22-23)17-8-9-20(18(11-17)12-21(24)25)26-15-16-6-4-3-5-7-16/h3-9,11,13-14H,2,10,12,15H2,1H3,(H,24,25). The van der Waals surface area contributed by atoms with Crippen molar-refractivity contribution in [3.8, 4) is 16.9 Å². The second kappa shape index (κ2) is 8.34. The minimum atomic E-state index is -0.881. The third kappa shape index (κ3) is 4.51.